The maximum absolute atomic E-state index is 11.5. The third-order valence-corrected chi connectivity index (χ3v) is 3.76. The summed E-state index contributed by atoms with van der Waals surface area (Å²) >= 11 is 0. The summed E-state index contributed by atoms with van der Waals surface area (Å²) < 4.78 is 4.68. The van der Waals surface area contributed by atoms with E-state index in [1.807, 2.05) is 12.1 Å². The van der Waals surface area contributed by atoms with E-state index in [1.165, 1.54) is 18.9 Å². The Morgan fingerprint density at radius 2 is 1.65 bits per heavy atom. The van der Waals surface area contributed by atoms with Crippen molar-refractivity contribution in [2.24, 2.45) is 0 Å². The van der Waals surface area contributed by atoms with Crippen LogP contribution in [0.3, 0.4) is 0 Å². The van der Waals surface area contributed by atoms with Gasteiger partial charge in [-0.3, -0.25) is 0 Å². The van der Waals surface area contributed by atoms with Crippen LogP contribution in [0.4, 0.5) is 23.1 Å². The predicted octanol–water partition coefficient (Wildman–Crippen LogP) is 3.71. The molecule has 7 heteroatoms. The van der Waals surface area contributed by atoms with E-state index in [4.69, 9.17) is 0 Å². The van der Waals surface area contributed by atoms with Gasteiger partial charge in [0.2, 0.25) is 5.95 Å². The Hall–Kier alpha value is -3.48. The minimum absolute atomic E-state index is 0.374. The first-order valence-corrected chi connectivity index (χ1v) is 8.19. The van der Waals surface area contributed by atoms with E-state index in [1.54, 1.807) is 24.3 Å². The van der Waals surface area contributed by atoms with Gasteiger partial charge in [0.15, 0.2) is 5.82 Å². The molecule has 0 saturated carbocycles. The van der Waals surface area contributed by atoms with Crippen LogP contribution in [-0.2, 0) is 11.2 Å². The summed E-state index contributed by atoms with van der Waals surface area (Å²) in [4.78, 5) is 15.9. The highest BCUT2D eigenvalue weighted by molar-refractivity contribution is 5.89. The normalized spacial score (nSPS) is 10.2. The highest BCUT2D eigenvalue weighted by atomic mass is 16.5. The van der Waals surface area contributed by atoms with Crippen molar-refractivity contribution in [1.29, 1.82) is 0 Å². The first-order chi connectivity index (χ1) is 12.7. The molecule has 132 valence electrons. The van der Waals surface area contributed by atoms with Crippen LogP contribution in [0.1, 0.15) is 22.8 Å². The Morgan fingerprint density at radius 3 is 2.31 bits per heavy atom. The largest absolute Gasteiger partial charge is 0.465 e. The molecule has 0 unspecified atom stereocenters. The maximum Gasteiger partial charge on any atom is 0.337 e. The van der Waals surface area contributed by atoms with Gasteiger partial charge in [-0.15, -0.1) is 5.10 Å². The monoisotopic (exact) mass is 349 g/mol. The number of hydrogen-bond acceptors (Lipinski definition) is 7. The molecule has 0 aliphatic rings. The van der Waals surface area contributed by atoms with Gasteiger partial charge in [0.25, 0.3) is 0 Å². The van der Waals surface area contributed by atoms with Gasteiger partial charge in [0.05, 0.1) is 18.9 Å². The first kappa shape index (κ1) is 17.3. The molecule has 26 heavy (non-hydrogen) atoms. The van der Waals surface area contributed by atoms with Crippen LogP contribution in [0.5, 0.6) is 0 Å². The molecule has 1 aromatic heterocycles. The lowest BCUT2D eigenvalue weighted by molar-refractivity contribution is 0.0601. The molecule has 0 spiro atoms. The molecule has 0 aliphatic heterocycles. The second-order valence-electron chi connectivity index (χ2n) is 5.53. The van der Waals surface area contributed by atoms with Crippen molar-refractivity contribution in [2.45, 2.75) is 13.3 Å². The molecule has 7 nitrogen and oxygen atoms in total. The van der Waals surface area contributed by atoms with Crippen LogP contribution in [0, 0.1) is 0 Å². The number of anilines is 4. The maximum atomic E-state index is 11.5. The van der Waals surface area contributed by atoms with Gasteiger partial charge in [-0.2, -0.15) is 10.1 Å². The van der Waals surface area contributed by atoms with Gasteiger partial charge < -0.3 is 15.4 Å². The fourth-order valence-electron chi connectivity index (χ4n) is 2.32. The molecule has 0 aliphatic carbocycles. The Kier molecular flexibility index (Phi) is 5.38. The highest BCUT2D eigenvalue weighted by Crippen LogP contribution is 2.18. The van der Waals surface area contributed by atoms with Crippen LogP contribution in [-0.4, -0.2) is 28.3 Å². The molecule has 3 aromatic rings. The quantitative estimate of drug-likeness (QED) is 0.656. The van der Waals surface area contributed by atoms with E-state index in [0.29, 0.717) is 17.3 Å². The molecule has 2 aromatic carbocycles. The van der Waals surface area contributed by atoms with Gasteiger partial charge in [-0.05, 0) is 48.4 Å². The lowest BCUT2D eigenvalue weighted by Crippen LogP contribution is -2.03. The number of ether oxygens (including phenoxy) is 1. The van der Waals surface area contributed by atoms with Gasteiger partial charge in [0, 0.05) is 11.4 Å². The van der Waals surface area contributed by atoms with Crippen LogP contribution < -0.4 is 10.6 Å². The van der Waals surface area contributed by atoms with Gasteiger partial charge in [0.1, 0.15) is 0 Å². The third-order valence-electron chi connectivity index (χ3n) is 3.76. The molecule has 0 fully saturated rings. The van der Waals surface area contributed by atoms with E-state index in [-0.39, 0.29) is 5.97 Å². The number of methoxy groups -OCH3 is 1. The van der Waals surface area contributed by atoms with E-state index in [2.05, 4.69) is 49.6 Å². The van der Waals surface area contributed by atoms with Crippen molar-refractivity contribution in [1.82, 2.24) is 15.2 Å². The SMILES string of the molecule is CCc1ccc(Nc2nncc(Nc3ccc(C(=O)OC)cc3)n2)cc1. The zero-order valence-electron chi connectivity index (χ0n) is 14.6. The number of hydrogen-bond donors (Lipinski definition) is 2. The number of aromatic nitrogens is 3. The molecule has 0 amide bonds. The Bertz CT molecular complexity index is 879. The van der Waals surface area contributed by atoms with Gasteiger partial charge in [-0.1, -0.05) is 19.1 Å². The summed E-state index contributed by atoms with van der Waals surface area (Å²) in [5, 5.41) is 14.2. The number of carbonyl (C=O) groups is 1. The Morgan fingerprint density at radius 1 is 1.00 bits per heavy atom. The van der Waals surface area contributed by atoms with E-state index in [9.17, 15) is 4.79 Å². The van der Waals surface area contributed by atoms with Crippen molar-refractivity contribution in [3.05, 3.63) is 65.9 Å². The number of nitrogens with one attached hydrogen (secondary N) is 2. The minimum atomic E-state index is -0.374. The fourth-order valence-corrected chi connectivity index (χ4v) is 2.32. The Balaban J connectivity index is 1.69. The smallest absolute Gasteiger partial charge is 0.337 e. The van der Waals surface area contributed by atoms with Crippen molar-refractivity contribution in [3.63, 3.8) is 0 Å². The van der Waals surface area contributed by atoms with Crippen molar-refractivity contribution in [3.8, 4) is 0 Å². The average Bonchev–Trinajstić information content (AvgIpc) is 2.69. The fraction of sp³-hybridized carbons (Fsp3) is 0.158. The van der Waals surface area contributed by atoms with E-state index >= 15 is 0 Å². The number of esters is 1. The molecular weight excluding hydrogens is 330 g/mol. The molecule has 2 N–H and O–H groups in total. The summed E-state index contributed by atoms with van der Waals surface area (Å²) in [7, 11) is 1.35. The number of carbonyl (C=O) groups excluding carboxylic acids is 1. The van der Waals surface area contributed by atoms with Gasteiger partial charge in [-0.25, -0.2) is 4.79 Å². The number of benzene rings is 2. The molecule has 0 saturated heterocycles. The molecule has 3 rings (SSSR count). The average molecular weight is 349 g/mol. The third kappa shape index (κ3) is 4.32. The standard InChI is InChI=1S/C19H19N5O2/c1-3-13-4-8-16(9-5-13)22-19-23-17(12-20-24-19)21-15-10-6-14(7-11-15)18(25)26-2/h4-12H,3H2,1-2H3,(H2,21,22,23,24). The summed E-state index contributed by atoms with van der Waals surface area (Å²) in [6, 6.07) is 15.0. The second kappa shape index (κ2) is 8.06. The predicted molar refractivity (Wildman–Crippen MR) is 100.0 cm³/mol. The minimum Gasteiger partial charge on any atom is -0.465 e. The molecule has 0 atom stereocenters. The highest BCUT2D eigenvalue weighted by Gasteiger charge is 2.06. The zero-order chi connectivity index (χ0) is 18.4. The summed E-state index contributed by atoms with van der Waals surface area (Å²) in [5.41, 5.74) is 3.41. The first-order valence-electron chi connectivity index (χ1n) is 8.19. The molecule has 0 radical (unpaired) electrons. The second-order valence-corrected chi connectivity index (χ2v) is 5.53. The number of rotatable bonds is 6. The molecular formula is C19H19N5O2. The van der Waals surface area contributed by atoms with Crippen LogP contribution >= 0.6 is 0 Å². The van der Waals surface area contributed by atoms with Gasteiger partial charge >= 0.3 is 5.97 Å². The topological polar surface area (TPSA) is 89.0 Å². The van der Waals surface area contributed by atoms with Crippen molar-refractivity contribution in [2.75, 3.05) is 17.7 Å². The lowest BCUT2D eigenvalue weighted by Gasteiger charge is -2.08. The van der Waals surface area contributed by atoms with E-state index < -0.39 is 0 Å². The zero-order valence-corrected chi connectivity index (χ0v) is 14.6. The van der Waals surface area contributed by atoms with Crippen LogP contribution in [0.2, 0.25) is 0 Å². The molecule has 1 heterocycles. The lowest BCUT2D eigenvalue weighted by atomic mass is 10.1. The van der Waals surface area contributed by atoms with Crippen LogP contribution in [0.15, 0.2) is 54.7 Å². The van der Waals surface area contributed by atoms with Crippen molar-refractivity contribution >= 4 is 29.1 Å². The number of nitrogens with zero attached hydrogens (tertiary/aromatic N) is 3. The Labute approximate surface area is 151 Å². The van der Waals surface area contributed by atoms with E-state index in [0.717, 1.165) is 17.8 Å². The summed E-state index contributed by atoms with van der Waals surface area (Å²) in [6.45, 7) is 2.11. The molecule has 0 bridgehead atoms. The summed E-state index contributed by atoms with van der Waals surface area (Å²) in [6.07, 6.45) is 2.52. The van der Waals surface area contributed by atoms with Crippen LogP contribution in [0.25, 0.3) is 0 Å². The van der Waals surface area contributed by atoms with Crippen molar-refractivity contribution < 1.29 is 9.53 Å². The summed E-state index contributed by atoms with van der Waals surface area (Å²) in [5.74, 6) is 0.560. The number of aryl methyl sites for hydroxylation is 1.